The first kappa shape index (κ1) is 15.8. The molecule has 1 N–H and O–H groups in total. The van der Waals surface area contributed by atoms with Gasteiger partial charge in [0, 0.05) is 0 Å². The molecule has 1 aliphatic heterocycles. The van der Waals surface area contributed by atoms with E-state index in [-0.39, 0.29) is 12.5 Å². The molecule has 1 aliphatic rings. The quantitative estimate of drug-likeness (QED) is 0.884. The number of nitriles is 1. The van der Waals surface area contributed by atoms with Crippen LogP contribution >= 0.6 is 0 Å². The molecule has 1 saturated heterocycles. The van der Waals surface area contributed by atoms with Crippen LogP contribution in [-0.4, -0.2) is 16.8 Å². The van der Waals surface area contributed by atoms with Crippen molar-refractivity contribution in [1.82, 2.24) is 10.2 Å². The molecule has 0 aliphatic carbocycles. The third-order valence-corrected chi connectivity index (χ3v) is 4.37. The number of carbonyl (C=O) groups is 2. The van der Waals surface area contributed by atoms with E-state index in [0.29, 0.717) is 11.1 Å². The maximum absolute atomic E-state index is 12.9. The highest BCUT2D eigenvalue weighted by atomic mass is 16.2. The molecule has 1 atom stereocenters. The Balaban J connectivity index is 1.92. The molecule has 120 valence electrons. The predicted octanol–water partition coefficient (Wildman–Crippen LogP) is 2.83. The van der Waals surface area contributed by atoms with Crippen molar-refractivity contribution in [3.63, 3.8) is 0 Å². The van der Waals surface area contributed by atoms with Crippen LogP contribution < -0.4 is 5.32 Å². The van der Waals surface area contributed by atoms with Crippen LogP contribution in [0.1, 0.15) is 29.2 Å². The van der Waals surface area contributed by atoms with Gasteiger partial charge in [-0.25, -0.2) is 4.79 Å². The van der Waals surface area contributed by atoms with Crippen LogP contribution in [-0.2, 0) is 16.9 Å². The Morgan fingerprint density at radius 1 is 1.12 bits per heavy atom. The highest BCUT2D eigenvalue weighted by molar-refractivity contribution is 6.07. The van der Waals surface area contributed by atoms with Crippen molar-refractivity contribution in [2.24, 2.45) is 0 Å². The van der Waals surface area contributed by atoms with Crippen LogP contribution in [0, 0.1) is 18.3 Å². The summed E-state index contributed by atoms with van der Waals surface area (Å²) in [5, 5.41) is 12.0. The Morgan fingerprint density at radius 3 is 2.46 bits per heavy atom. The number of urea groups is 1. The molecule has 3 rings (SSSR count). The minimum Gasteiger partial charge on any atom is -0.319 e. The third-order valence-electron chi connectivity index (χ3n) is 4.37. The van der Waals surface area contributed by atoms with Crippen molar-refractivity contribution in [3.8, 4) is 6.07 Å². The predicted molar refractivity (Wildman–Crippen MR) is 88.8 cm³/mol. The number of hydrogen-bond donors (Lipinski definition) is 1. The van der Waals surface area contributed by atoms with E-state index in [9.17, 15) is 14.9 Å². The van der Waals surface area contributed by atoms with Gasteiger partial charge in [0.25, 0.3) is 5.91 Å². The minimum atomic E-state index is -1.09. The summed E-state index contributed by atoms with van der Waals surface area (Å²) in [7, 11) is 0. The Hall–Kier alpha value is -3.13. The molecule has 3 amide bonds. The largest absolute Gasteiger partial charge is 0.325 e. The number of rotatable bonds is 3. The number of aryl methyl sites for hydroxylation is 1. The van der Waals surface area contributed by atoms with Gasteiger partial charge >= 0.3 is 6.03 Å². The van der Waals surface area contributed by atoms with Crippen molar-refractivity contribution in [2.75, 3.05) is 0 Å². The molecule has 2 aromatic carbocycles. The van der Waals surface area contributed by atoms with Gasteiger partial charge in [0.15, 0.2) is 0 Å². The number of benzene rings is 2. The lowest BCUT2D eigenvalue weighted by molar-refractivity contribution is -0.131. The van der Waals surface area contributed by atoms with Crippen molar-refractivity contribution >= 4 is 11.9 Å². The fourth-order valence-electron chi connectivity index (χ4n) is 2.86. The maximum atomic E-state index is 12.9. The molecule has 5 heteroatoms. The van der Waals surface area contributed by atoms with Crippen molar-refractivity contribution in [1.29, 1.82) is 5.26 Å². The van der Waals surface area contributed by atoms with Crippen LogP contribution in [0.15, 0.2) is 48.5 Å². The number of carbonyl (C=O) groups excluding carboxylic acids is 2. The smallest absolute Gasteiger partial charge is 0.319 e. The molecule has 24 heavy (non-hydrogen) atoms. The Bertz CT molecular complexity index is 852. The molecule has 0 aromatic heterocycles. The van der Waals surface area contributed by atoms with Gasteiger partial charge < -0.3 is 5.32 Å². The molecule has 1 heterocycles. The summed E-state index contributed by atoms with van der Waals surface area (Å²) in [6.45, 7) is 3.75. The van der Waals surface area contributed by atoms with E-state index in [1.165, 1.54) is 0 Å². The Kier molecular flexibility index (Phi) is 3.82. The Morgan fingerprint density at radius 2 is 1.79 bits per heavy atom. The van der Waals surface area contributed by atoms with Crippen LogP contribution in [0.25, 0.3) is 0 Å². The van der Waals surface area contributed by atoms with Gasteiger partial charge in [0.05, 0.1) is 18.2 Å². The van der Waals surface area contributed by atoms with E-state index in [1.54, 1.807) is 31.2 Å². The van der Waals surface area contributed by atoms with Crippen LogP contribution in [0.4, 0.5) is 4.79 Å². The maximum Gasteiger partial charge on any atom is 0.325 e. The van der Waals surface area contributed by atoms with E-state index in [0.717, 1.165) is 16.0 Å². The topological polar surface area (TPSA) is 73.2 Å². The van der Waals surface area contributed by atoms with Gasteiger partial charge in [-0.05, 0) is 31.0 Å². The number of nitrogens with one attached hydrogen (secondary N) is 1. The van der Waals surface area contributed by atoms with E-state index >= 15 is 0 Å². The van der Waals surface area contributed by atoms with E-state index < -0.39 is 11.6 Å². The summed E-state index contributed by atoms with van der Waals surface area (Å²) < 4.78 is 0. The van der Waals surface area contributed by atoms with Crippen LogP contribution in [0.2, 0.25) is 0 Å². The van der Waals surface area contributed by atoms with Gasteiger partial charge in [-0.3, -0.25) is 9.69 Å². The zero-order chi connectivity index (χ0) is 17.3. The Labute approximate surface area is 140 Å². The van der Waals surface area contributed by atoms with Gasteiger partial charge in [-0.1, -0.05) is 48.0 Å². The number of imide groups is 1. The third kappa shape index (κ3) is 2.52. The SMILES string of the molecule is Cc1ccc(C2(C)NC(=O)N(Cc3ccccc3C#N)C2=O)cc1. The number of hydrogen-bond acceptors (Lipinski definition) is 3. The second kappa shape index (κ2) is 5.82. The lowest BCUT2D eigenvalue weighted by Crippen LogP contribution is -2.40. The van der Waals surface area contributed by atoms with Gasteiger partial charge in [0.1, 0.15) is 5.54 Å². The summed E-state index contributed by atoms with van der Waals surface area (Å²) in [6.07, 6.45) is 0. The van der Waals surface area contributed by atoms with Gasteiger partial charge in [0.2, 0.25) is 0 Å². The molecule has 0 bridgehead atoms. The van der Waals surface area contributed by atoms with Crippen LogP contribution in [0.3, 0.4) is 0 Å². The van der Waals surface area contributed by atoms with E-state index in [2.05, 4.69) is 11.4 Å². The first-order chi connectivity index (χ1) is 11.5. The molecular formula is C19H17N3O2. The van der Waals surface area contributed by atoms with E-state index in [4.69, 9.17) is 0 Å². The standard InChI is InChI=1S/C19H17N3O2/c1-13-7-9-16(10-8-13)19(2)17(23)22(18(24)21-19)12-15-6-4-3-5-14(15)11-20/h3-10H,12H2,1-2H3,(H,21,24). The summed E-state index contributed by atoms with van der Waals surface area (Å²) in [4.78, 5) is 26.4. The number of nitrogens with zero attached hydrogens (tertiary/aromatic N) is 2. The second-order valence-corrected chi connectivity index (χ2v) is 6.08. The zero-order valence-electron chi connectivity index (χ0n) is 13.5. The average molecular weight is 319 g/mol. The lowest BCUT2D eigenvalue weighted by Gasteiger charge is -2.22. The second-order valence-electron chi connectivity index (χ2n) is 6.08. The first-order valence-electron chi connectivity index (χ1n) is 7.65. The summed E-state index contributed by atoms with van der Waals surface area (Å²) >= 11 is 0. The highest BCUT2D eigenvalue weighted by Gasteiger charge is 2.48. The summed E-state index contributed by atoms with van der Waals surface area (Å²) in [5.74, 6) is -0.316. The molecule has 0 saturated carbocycles. The normalized spacial score (nSPS) is 20.0. The summed E-state index contributed by atoms with van der Waals surface area (Å²) in [5.41, 5.74) is 1.84. The molecular weight excluding hydrogens is 302 g/mol. The average Bonchev–Trinajstić information content (AvgIpc) is 2.80. The van der Waals surface area contributed by atoms with Crippen LogP contribution in [0.5, 0.6) is 0 Å². The molecule has 2 aromatic rings. The molecule has 1 fully saturated rings. The number of amides is 3. The van der Waals surface area contributed by atoms with Crippen molar-refractivity contribution in [2.45, 2.75) is 25.9 Å². The van der Waals surface area contributed by atoms with E-state index in [1.807, 2.05) is 31.2 Å². The molecule has 0 radical (unpaired) electrons. The fraction of sp³-hybridized carbons (Fsp3) is 0.211. The monoisotopic (exact) mass is 319 g/mol. The van der Waals surface area contributed by atoms with Gasteiger partial charge in [-0.15, -0.1) is 0 Å². The lowest BCUT2D eigenvalue weighted by atomic mass is 9.91. The summed E-state index contributed by atoms with van der Waals surface area (Å²) in [6, 6.07) is 16.1. The highest BCUT2D eigenvalue weighted by Crippen LogP contribution is 2.30. The molecule has 1 unspecified atom stereocenters. The van der Waals surface area contributed by atoms with Crippen molar-refractivity contribution in [3.05, 3.63) is 70.8 Å². The minimum absolute atomic E-state index is 0.0792. The zero-order valence-corrected chi connectivity index (χ0v) is 13.5. The first-order valence-corrected chi connectivity index (χ1v) is 7.65. The fourth-order valence-corrected chi connectivity index (χ4v) is 2.86. The molecule has 5 nitrogen and oxygen atoms in total. The molecule has 0 spiro atoms. The van der Waals surface area contributed by atoms with Crippen molar-refractivity contribution < 1.29 is 9.59 Å². The van der Waals surface area contributed by atoms with Gasteiger partial charge in [-0.2, -0.15) is 5.26 Å².